The zero-order valence-electron chi connectivity index (χ0n) is 15.3. The molecular formula is C20H40. The van der Waals surface area contributed by atoms with E-state index in [0.717, 1.165) is 41.4 Å². The Morgan fingerprint density at radius 2 is 1.30 bits per heavy atom. The molecule has 20 heavy (non-hydrogen) atoms. The second kappa shape index (κ2) is 8.44. The van der Waals surface area contributed by atoms with E-state index in [1.807, 2.05) is 0 Å². The van der Waals surface area contributed by atoms with Gasteiger partial charge in [-0.25, -0.2) is 0 Å². The van der Waals surface area contributed by atoms with E-state index >= 15 is 0 Å². The molecule has 1 aliphatic carbocycles. The molecule has 1 fully saturated rings. The van der Waals surface area contributed by atoms with Crippen molar-refractivity contribution in [2.75, 3.05) is 0 Å². The van der Waals surface area contributed by atoms with Gasteiger partial charge < -0.3 is 0 Å². The first-order valence-electron chi connectivity index (χ1n) is 9.36. The highest BCUT2D eigenvalue weighted by Gasteiger charge is 2.42. The maximum absolute atomic E-state index is 2.51. The standard InChI is InChI=1S/C20H40/c1-8-16(5)19-13-20(19)18(7)12-10-15(4)9-11-17(6)14(2)3/h14-20H,8-13H2,1-7H3. The van der Waals surface area contributed by atoms with Crippen LogP contribution >= 0.6 is 0 Å². The first-order chi connectivity index (χ1) is 9.36. The van der Waals surface area contributed by atoms with E-state index in [4.69, 9.17) is 0 Å². The van der Waals surface area contributed by atoms with Crippen molar-refractivity contribution >= 4 is 0 Å². The summed E-state index contributed by atoms with van der Waals surface area (Å²) in [5.74, 6) is 6.74. The molecule has 0 spiro atoms. The summed E-state index contributed by atoms with van der Waals surface area (Å²) in [7, 11) is 0. The third kappa shape index (κ3) is 5.78. The van der Waals surface area contributed by atoms with Crippen LogP contribution in [-0.4, -0.2) is 0 Å². The molecule has 0 aromatic heterocycles. The van der Waals surface area contributed by atoms with E-state index in [-0.39, 0.29) is 0 Å². The third-order valence-electron chi connectivity index (χ3n) is 6.36. The van der Waals surface area contributed by atoms with Crippen LogP contribution in [0.5, 0.6) is 0 Å². The molecule has 0 saturated heterocycles. The van der Waals surface area contributed by atoms with Crippen LogP contribution in [0.4, 0.5) is 0 Å². The summed E-state index contributed by atoms with van der Waals surface area (Å²) in [6.45, 7) is 16.9. The van der Waals surface area contributed by atoms with Gasteiger partial charge in [-0.1, -0.05) is 80.6 Å². The minimum absolute atomic E-state index is 0.851. The molecule has 0 radical (unpaired) electrons. The van der Waals surface area contributed by atoms with Crippen molar-refractivity contribution in [3.8, 4) is 0 Å². The highest BCUT2D eigenvalue weighted by Crippen LogP contribution is 2.51. The zero-order valence-corrected chi connectivity index (χ0v) is 15.3. The predicted octanol–water partition coefficient (Wildman–Crippen LogP) is 6.79. The van der Waals surface area contributed by atoms with Crippen molar-refractivity contribution < 1.29 is 0 Å². The second-order valence-electron chi connectivity index (χ2n) is 8.41. The Morgan fingerprint density at radius 3 is 1.85 bits per heavy atom. The lowest BCUT2D eigenvalue weighted by atomic mass is 9.86. The monoisotopic (exact) mass is 280 g/mol. The van der Waals surface area contributed by atoms with E-state index in [1.165, 1.54) is 38.5 Å². The highest BCUT2D eigenvalue weighted by molar-refractivity contribution is 4.92. The van der Waals surface area contributed by atoms with Gasteiger partial charge >= 0.3 is 0 Å². The Hall–Kier alpha value is 0. The smallest absolute Gasteiger partial charge is 0.0355 e. The van der Waals surface area contributed by atoms with Gasteiger partial charge in [-0.2, -0.15) is 0 Å². The third-order valence-corrected chi connectivity index (χ3v) is 6.36. The molecule has 0 aliphatic heterocycles. The fraction of sp³-hybridized carbons (Fsp3) is 1.00. The lowest BCUT2D eigenvalue weighted by Crippen LogP contribution is -2.09. The molecule has 6 unspecified atom stereocenters. The van der Waals surface area contributed by atoms with Crippen LogP contribution in [0, 0.1) is 41.4 Å². The SMILES string of the molecule is CCC(C)C1CC1C(C)CCC(C)CCC(C)C(C)C. The van der Waals surface area contributed by atoms with E-state index in [9.17, 15) is 0 Å². The van der Waals surface area contributed by atoms with Crippen molar-refractivity contribution in [3.05, 3.63) is 0 Å². The molecule has 1 rings (SSSR count). The normalized spacial score (nSPS) is 28.2. The molecule has 0 heterocycles. The quantitative estimate of drug-likeness (QED) is 0.413. The lowest BCUT2D eigenvalue weighted by molar-refractivity contribution is 0.315. The van der Waals surface area contributed by atoms with Crippen molar-refractivity contribution in [3.63, 3.8) is 0 Å². The largest absolute Gasteiger partial charge is 0.0651 e. The highest BCUT2D eigenvalue weighted by atomic mass is 14.5. The summed E-state index contributed by atoms with van der Waals surface area (Å²) < 4.78 is 0. The Kier molecular flexibility index (Phi) is 7.62. The second-order valence-corrected chi connectivity index (χ2v) is 8.41. The summed E-state index contributed by atoms with van der Waals surface area (Å²) in [5, 5.41) is 0. The molecule has 0 heteroatoms. The van der Waals surface area contributed by atoms with Crippen molar-refractivity contribution in [2.24, 2.45) is 41.4 Å². The molecule has 1 saturated carbocycles. The average Bonchev–Trinajstić information content (AvgIpc) is 3.21. The van der Waals surface area contributed by atoms with Gasteiger partial charge in [0.2, 0.25) is 0 Å². The molecule has 0 aromatic rings. The van der Waals surface area contributed by atoms with Gasteiger partial charge in [0, 0.05) is 0 Å². The van der Waals surface area contributed by atoms with Crippen LogP contribution in [0.3, 0.4) is 0 Å². The van der Waals surface area contributed by atoms with Gasteiger partial charge in [0.1, 0.15) is 0 Å². The van der Waals surface area contributed by atoms with Crippen LogP contribution in [0.25, 0.3) is 0 Å². The summed E-state index contributed by atoms with van der Waals surface area (Å²) in [6.07, 6.45) is 8.68. The average molecular weight is 281 g/mol. The van der Waals surface area contributed by atoms with E-state index in [0.29, 0.717) is 0 Å². The molecule has 0 bridgehead atoms. The molecule has 0 aromatic carbocycles. The number of hydrogen-bond acceptors (Lipinski definition) is 0. The van der Waals surface area contributed by atoms with Gasteiger partial charge in [0.05, 0.1) is 0 Å². The van der Waals surface area contributed by atoms with Crippen LogP contribution < -0.4 is 0 Å². The molecular weight excluding hydrogens is 240 g/mol. The Balaban J connectivity index is 2.14. The van der Waals surface area contributed by atoms with Crippen molar-refractivity contribution in [1.29, 1.82) is 0 Å². The molecule has 1 aliphatic rings. The van der Waals surface area contributed by atoms with Crippen LogP contribution in [0.15, 0.2) is 0 Å². The Morgan fingerprint density at radius 1 is 0.750 bits per heavy atom. The molecule has 120 valence electrons. The van der Waals surface area contributed by atoms with Gasteiger partial charge in [-0.15, -0.1) is 0 Å². The molecule has 6 atom stereocenters. The fourth-order valence-corrected chi connectivity index (χ4v) is 3.63. The zero-order chi connectivity index (χ0) is 15.3. The lowest BCUT2D eigenvalue weighted by Gasteiger charge is -2.20. The summed E-state index contributed by atoms with van der Waals surface area (Å²) >= 11 is 0. The van der Waals surface area contributed by atoms with Crippen LogP contribution in [-0.2, 0) is 0 Å². The summed E-state index contributed by atoms with van der Waals surface area (Å²) in [4.78, 5) is 0. The van der Waals surface area contributed by atoms with Gasteiger partial charge in [-0.05, 0) is 47.8 Å². The number of hydrogen-bond donors (Lipinski definition) is 0. The van der Waals surface area contributed by atoms with Crippen LogP contribution in [0.1, 0.15) is 87.0 Å². The Labute approximate surface area is 129 Å². The predicted molar refractivity (Wildman–Crippen MR) is 91.9 cm³/mol. The molecule has 0 amide bonds. The number of rotatable bonds is 10. The summed E-state index contributed by atoms with van der Waals surface area (Å²) in [6, 6.07) is 0. The first-order valence-corrected chi connectivity index (χ1v) is 9.36. The van der Waals surface area contributed by atoms with E-state index < -0.39 is 0 Å². The van der Waals surface area contributed by atoms with Gasteiger partial charge in [0.25, 0.3) is 0 Å². The fourth-order valence-electron chi connectivity index (χ4n) is 3.63. The Bertz CT molecular complexity index is 255. The van der Waals surface area contributed by atoms with E-state index in [2.05, 4.69) is 48.5 Å². The van der Waals surface area contributed by atoms with Crippen molar-refractivity contribution in [1.82, 2.24) is 0 Å². The van der Waals surface area contributed by atoms with Crippen LogP contribution in [0.2, 0.25) is 0 Å². The molecule has 0 N–H and O–H groups in total. The topological polar surface area (TPSA) is 0 Å². The van der Waals surface area contributed by atoms with Gasteiger partial charge in [0.15, 0.2) is 0 Å². The maximum atomic E-state index is 2.51. The summed E-state index contributed by atoms with van der Waals surface area (Å²) in [5.41, 5.74) is 0. The van der Waals surface area contributed by atoms with Gasteiger partial charge in [-0.3, -0.25) is 0 Å². The minimum atomic E-state index is 0.851. The molecule has 0 nitrogen and oxygen atoms in total. The first kappa shape index (κ1) is 18.1. The maximum Gasteiger partial charge on any atom is -0.0355 e. The van der Waals surface area contributed by atoms with Crippen molar-refractivity contribution in [2.45, 2.75) is 87.0 Å². The van der Waals surface area contributed by atoms with E-state index in [1.54, 1.807) is 0 Å². The minimum Gasteiger partial charge on any atom is -0.0651 e.